The maximum Gasteiger partial charge on any atom is 0.251 e. The van der Waals surface area contributed by atoms with Crippen molar-refractivity contribution in [3.63, 3.8) is 0 Å². The van der Waals surface area contributed by atoms with Crippen LogP contribution in [-0.2, 0) is 4.74 Å². The molecule has 0 saturated heterocycles. The van der Waals surface area contributed by atoms with Gasteiger partial charge in [-0.2, -0.15) is 0 Å². The predicted molar refractivity (Wildman–Crippen MR) is 84.5 cm³/mol. The van der Waals surface area contributed by atoms with Gasteiger partial charge in [-0.15, -0.1) is 9.24 Å². The molecule has 0 spiro atoms. The van der Waals surface area contributed by atoms with Gasteiger partial charge in [0.05, 0.1) is 6.61 Å². The minimum Gasteiger partial charge on any atom is -0.383 e. The zero-order valence-corrected chi connectivity index (χ0v) is 13.3. The van der Waals surface area contributed by atoms with Crippen LogP contribution in [0.15, 0.2) is 35.7 Å². The predicted octanol–water partition coefficient (Wildman–Crippen LogP) is 3.16. The number of aryl methyl sites for hydroxylation is 1. The first kappa shape index (κ1) is 17.8. The van der Waals surface area contributed by atoms with E-state index in [4.69, 9.17) is 4.74 Å². The SMILES string of the molecule is C/C=C(\C)P.COCCNC(=O)c1ccc(C)cc1. The quantitative estimate of drug-likeness (QED) is 0.680. The Bertz CT molecular complexity index is 395. The number of nitrogens with one attached hydrogen (secondary N) is 1. The van der Waals surface area contributed by atoms with E-state index in [9.17, 15) is 4.79 Å². The number of carbonyl (C=O) groups is 1. The lowest BCUT2D eigenvalue weighted by atomic mass is 10.1. The van der Waals surface area contributed by atoms with Gasteiger partial charge in [-0.25, -0.2) is 0 Å². The largest absolute Gasteiger partial charge is 0.383 e. The van der Waals surface area contributed by atoms with Gasteiger partial charge in [0, 0.05) is 19.2 Å². The summed E-state index contributed by atoms with van der Waals surface area (Å²) < 4.78 is 4.83. The Hall–Kier alpha value is -1.18. The maximum atomic E-state index is 11.5. The van der Waals surface area contributed by atoms with Crippen molar-refractivity contribution >= 4 is 15.1 Å². The minimum atomic E-state index is -0.0537. The molecule has 1 N–H and O–H groups in total. The molecule has 19 heavy (non-hydrogen) atoms. The van der Waals surface area contributed by atoms with E-state index in [0.717, 1.165) is 5.56 Å². The van der Waals surface area contributed by atoms with Gasteiger partial charge in [0.1, 0.15) is 0 Å². The zero-order chi connectivity index (χ0) is 14.7. The third-order valence-corrected chi connectivity index (χ3v) is 2.69. The van der Waals surface area contributed by atoms with Crippen LogP contribution in [0, 0.1) is 6.92 Å². The summed E-state index contributed by atoms with van der Waals surface area (Å²) in [7, 11) is 4.20. The van der Waals surface area contributed by atoms with Gasteiger partial charge in [0.2, 0.25) is 0 Å². The highest BCUT2D eigenvalue weighted by atomic mass is 31.0. The lowest BCUT2D eigenvalue weighted by Gasteiger charge is -2.04. The standard InChI is InChI=1S/C11H15NO2.C4H9P/c1-9-3-5-10(6-4-9)11(13)12-7-8-14-2;1-3-4(2)5/h3-6H,7-8H2,1-2H3,(H,12,13);3H,5H2,1-2H3/b;4-3+. The van der Waals surface area contributed by atoms with E-state index in [1.54, 1.807) is 7.11 Å². The number of rotatable bonds is 4. The smallest absolute Gasteiger partial charge is 0.251 e. The summed E-state index contributed by atoms with van der Waals surface area (Å²) in [5, 5.41) is 4.05. The van der Waals surface area contributed by atoms with E-state index in [1.807, 2.05) is 51.1 Å². The number of carbonyl (C=O) groups excluding carboxylic acids is 1. The van der Waals surface area contributed by atoms with Crippen molar-refractivity contribution in [3.8, 4) is 0 Å². The molecule has 0 aliphatic carbocycles. The van der Waals surface area contributed by atoms with Crippen LogP contribution in [0.3, 0.4) is 0 Å². The highest BCUT2D eigenvalue weighted by Gasteiger charge is 2.02. The second kappa shape index (κ2) is 10.7. The molecule has 0 aromatic heterocycles. The Morgan fingerprint density at radius 1 is 1.37 bits per heavy atom. The highest BCUT2D eigenvalue weighted by Crippen LogP contribution is 2.02. The number of hydrogen-bond acceptors (Lipinski definition) is 2. The molecular weight excluding hydrogens is 257 g/mol. The molecule has 1 atom stereocenters. The normalized spacial score (nSPS) is 10.5. The molecule has 0 radical (unpaired) electrons. The van der Waals surface area contributed by atoms with E-state index in [-0.39, 0.29) is 5.91 Å². The molecule has 106 valence electrons. The lowest BCUT2D eigenvalue weighted by Crippen LogP contribution is -2.26. The molecule has 0 aliphatic rings. The second-order valence-electron chi connectivity index (χ2n) is 4.15. The number of methoxy groups -OCH3 is 1. The summed E-state index contributed by atoms with van der Waals surface area (Å²) in [5.74, 6) is -0.0537. The summed E-state index contributed by atoms with van der Waals surface area (Å²) in [6.07, 6.45) is 2.05. The molecule has 0 heterocycles. The van der Waals surface area contributed by atoms with Crippen molar-refractivity contribution < 1.29 is 9.53 Å². The molecule has 1 aromatic carbocycles. The molecule has 0 bridgehead atoms. The Balaban J connectivity index is 0.000000555. The zero-order valence-electron chi connectivity index (χ0n) is 12.2. The number of allylic oxidation sites excluding steroid dienone is 2. The van der Waals surface area contributed by atoms with Gasteiger partial charge in [-0.3, -0.25) is 4.79 Å². The second-order valence-corrected chi connectivity index (χ2v) is 5.06. The van der Waals surface area contributed by atoms with Crippen LogP contribution in [0.2, 0.25) is 0 Å². The van der Waals surface area contributed by atoms with Gasteiger partial charge in [-0.1, -0.05) is 29.1 Å². The summed E-state index contributed by atoms with van der Waals surface area (Å²) in [4.78, 5) is 11.5. The Labute approximate surface area is 118 Å². The van der Waals surface area contributed by atoms with Crippen molar-refractivity contribution in [2.45, 2.75) is 20.8 Å². The third kappa shape index (κ3) is 9.40. The van der Waals surface area contributed by atoms with Crippen molar-refractivity contribution in [3.05, 3.63) is 46.8 Å². The van der Waals surface area contributed by atoms with E-state index >= 15 is 0 Å². The number of hydrogen-bond donors (Lipinski definition) is 1. The van der Waals surface area contributed by atoms with Crippen LogP contribution in [0.5, 0.6) is 0 Å². The molecular formula is C15H24NO2P. The van der Waals surface area contributed by atoms with Crippen LogP contribution >= 0.6 is 9.24 Å². The van der Waals surface area contributed by atoms with Crippen LogP contribution in [0.4, 0.5) is 0 Å². The van der Waals surface area contributed by atoms with E-state index in [1.165, 1.54) is 5.31 Å². The van der Waals surface area contributed by atoms with E-state index in [2.05, 4.69) is 14.6 Å². The summed E-state index contributed by atoms with van der Waals surface area (Å²) in [6.45, 7) is 7.14. The first-order valence-corrected chi connectivity index (χ1v) is 6.81. The Morgan fingerprint density at radius 3 is 2.32 bits per heavy atom. The van der Waals surface area contributed by atoms with Crippen LogP contribution in [0.1, 0.15) is 29.8 Å². The monoisotopic (exact) mass is 281 g/mol. The van der Waals surface area contributed by atoms with Crippen LogP contribution < -0.4 is 5.32 Å². The van der Waals surface area contributed by atoms with Gasteiger partial charge in [0.25, 0.3) is 5.91 Å². The van der Waals surface area contributed by atoms with Gasteiger partial charge in [-0.05, 0) is 32.9 Å². The number of benzene rings is 1. The summed E-state index contributed by atoms with van der Waals surface area (Å²) >= 11 is 0. The van der Waals surface area contributed by atoms with Gasteiger partial charge in [0.15, 0.2) is 0 Å². The minimum absolute atomic E-state index is 0.0537. The average molecular weight is 281 g/mol. The fraction of sp³-hybridized carbons (Fsp3) is 0.400. The fourth-order valence-corrected chi connectivity index (χ4v) is 1.07. The molecule has 0 saturated carbocycles. The molecule has 1 unspecified atom stereocenters. The summed E-state index contributed by atoms with van der Waals surface area (Å²) in [5.41, 5.74) is 1.84. The summed E-state index contributed by atoms with van der Waals surface area (Å²) in [6, 6.07) is 7.48. The first-order chi connectivity index (χ1) is 9.01. The highest BCUT2D eigenvalue weighted by molar-refractivity contribution is 7.22. The third-order valence-electron chi connectivity index (χ3n) is 2.36. The Morgan fingerprint density at radius 2 is 1.89 bits per heavy atom. The van der Waals surface area contributed by atoms with E-state index < -0.39 is 0 Å². The maximum absolute atomic E-state index is 11.5. The molecule has 0 fully saturated rings. The van der Waals surface area contributed by atoms with Crippen LogP contribution in [0.25, 0.3) is 0 Å². The van der Waals surface area contributed by atoms with Gasteiger partial charge < -0.3 is 10.1 Å². The van der Waals surface area contributed by atoms with Crippen LogP contribution in [-0.4, -0.2) is 26.2 Å². The van der Waals surface area contributed by atoms with Crippen molar-refractivity contribution in [1.82, 2.24) is 5.32 Å². The average Bonchev–Trinajstić information content (AvgIpc) is 2.40. The molecule has 3 nitrogen and oxygen atoms in total. The van der Waals surface area contributed by atoms with Crippen molar-refractivity contribution in [2.24, 2.45) is 0 Å². The molecule has 4 heteroatoms. The fourth-order valence-electron chi connectivity index (χ4n) is 1.07. The van der Waals surface area contributed by atoms with Crippen molar-refractivity contribution in [1.29, 1.82) is 0 Å². The van der Waals surface area contributed by atoms with Crippen molar-refractivity contribution in [2.75, 3.05) is 20.3 Å². The van der Waals surface area contributed by atoms with Gasteiger partial charge >= 0.3 is 0 Å². The topological polar surface area (TPSA) is 38.3 Å². The molecule has 1 amide bonds. The Kier molecular flexibility index (Phi) is 10.1. The lowest BCUT2D eigenvalue weighted by molar-refractivity contribution is 0.0937. The first-order valence-electron chi connectivity index (χ1n) is 6.23. The molecule has 0 aliphatic heterocycles. The number of ether oxygens (including phenoxy) is 1. The van der Waals surface area contributed by atoms with E-state index in [0.29, 0.717) is 18.7 Å². The molecule has 1 aromatic rings. The molecule has 1 rings (SSSR count). The number of amides is 1.